The predicted octanol–water partition coefficient (Wildman–Crippen LogP) is 2.98. The highest BCUT2D eigenvalue weighted by atomic mass is 28.3. The van der Waals surface area contributed by atoms with Gasteiger partial charge in [0.2, 0.25) is 5.91 Å². The molecule has 0 aliphatic heterocycles. The topological polar surface area (TPSA) is 120 Å². The quantitative estimate of drug-likeness (QED) is 0.363. The normalized spacial score (nSPS) is 15.1. The fourth-order valence-electron chi connectivity index (χ4n) is 2.77. The minimum Gasteiger partial charge on any atom is -0.465 e. The standard InChI is InChI=1S/C19H29N3O5Si/c1-26-16(23)13-6-7-14(20)15(12-13)21-17(24)19(8-5-9-19)22-18(25)27-10-11-28(2,3)4/h6-7,12H,5,8-11,20H2,1-4H3,(H,21,24)(H,22,25). The molecule has 0 unspecified atom stereocenters. The van der Waals surface area contributed by atoms with Gasteiger partial charge in [0.25, 0.3) is 0 Å². The van der Waals surface area contributed by atoms with Crippen molar-refractivity contribution in [1.29, 1.82) is 0 Å². The molecule has 0 heterocycles. The number of amides is 2. The van der Waals surface area contributed by atoms with Crippen molar-refractivity contribution in [3.63, 3.8) is 0 Å². The molecule has 0 spiro atoms. The molecule has 1 aromatic rings. The number of ether oxygens (including phenoxy) is 2. The minimum atomic E-state index is -1.31. The van der Waals surface area contributed by atoms with E-state index in [1.807, 2.05) is 0 Å². The number of hydrogen-bond acceptors (Lipinski definition) is 6. The fourth-order valence-corrected chi connectivity index (χ4v) is 3.49. The molecule has 154 valence electrons. The number of carbonyl (C=O) groups is 3. The summed E-state index contributed by atoms with van der Waals surface area (Å²) >= 11 is 0. The highest BCUT2D eigenvalue weighted by Crippen LogP contribution is 2.34. The summed E-state index contributed by atoms with van der Waals surface area (Å²) in [6.07, 6.45) is 1.25. The summed E-state index contributed by atoms with van der Waals surface area (Å²) in [5.74, 6) is -0.910. The average molecular weight is 408 g/mol. The number of rotatable bonds is 7. The first-order valence-corrected chi connectivity index (χ1v) is 13.0. The van der Waals surface area contributed by atoms with E-state index in [1.165, 1.54) is 25.3 Å². The summed E-state index contributed by atoms with van der Waals surface area (Å²) in [6, 6.07) is 5.35. The van der Waals surface area contributed by atoms with Gasteiger partial charge in [-0.05, 0) is 43.5 Å². The van der Waals surface area contributed by atoms with Crippen LogP contribution in [0.4, 0.5) is 16.2 Å². The van der Waals surface area contributed by atoms with Crippen LogP contribution in [0.1, 0.15) is 29.6 Å². The van der Waals surface area contributed by atoms with E-state index in [4.69, 9.17) is 10.5 Å². The molecule has 1 fully saturated rings. The maximum atomic E-state index is 12.8. The maximum Gasteiger partial charge on any atom is 0.407 e. The van der Waals surface area contributed by atoms with Crippen LogP contribution in [0.2, 0.25) is 25.7 Å². The first-order valence-electron chi connectivity index (χ1n) is 9.30. The molecule has 0 atom stereocenters. The Labute approximate surface area is 166 Å². The highest BCUT2D eigenvalue weighted by Gasteiger charge is 2.46. The van der Waals surface area contributed by atoms with Gasteiger partial charge in [0, 0.05) is 8.07 Å². The Morgan fingerprint density at radius 3 is 2.43 bits per heavy atom. The van der Waals surface area contributed by atoms with Crippen LogP contribution in [-0.4, -0.2) is 45.3 Å². The highest BCUT2D eigenvalue weighted by molar-refractivity contribution is 6.76. The number of methoxy groups -OCH3 is 1. The summed E-state index contributed by atoms with van der Waals surface area (Å²) in [4.78, 5) is 36.7. The molecule has 1 aliphatic carbocycles. The molecule has 2 rings (SSSR count). The Bertz CT molecular complexity index is 756. The van der Waals surface area contributed by atoms with Gasteiger partial charge in [0.15, 0.2) is 0 Å². The summed E-state index contributed by atoms with van der Waals surface area (Å²) in [6.45, 7) is 6.93. The SMILES string of the molecule is COC(=O)c1ccc(N)c(NC(=O)C2(NC(=O)OCC[Si](C)(C)C)CCC2)c1. The first kappa shape index (κ1) is 21.7. The molecule has 2 amide bonds. The molecule has 28 heavy (non-hydrogen) atoms. The Balaban J connectivity index is 2.03. The maximum absolute atomic E-state index is 12.8. The molecule has 1 saturated carbocycles. The molecule has 0 saturated heterocycles. The van der Waals surface area contributed by atoms with E-state index in [2.05, 4.69) is 35.0 Å². The number of alkyl carbamates (subject to hydrolysis) is 1. The number of hydrogen-bond donors (Lipinski definition) is 3. The van der Waals surface area contributed by atoms with Gasteiger partial charge in [-0.3, -0.25) is 4.79 Å². The second-order valence-corrected chi connectivity index (χ2v) is 13.9. The van der Waals surface area contributed by atoms with Crippen molar-refractivity contribution < 1.29 is 23.9 Å². The van der Waals surface area contributed by atoms with Crippen molar-refractivity contribution in [1.82, 2.24) is 5.32 Å². The van der Waals surface area contributed by atoms with Crippen LogP contribution in [0.15, 0.2) is 18.2 Å². The van der Waals surface area contributed by atoms with Crippen molar-refractivity contribution in [3.05, 3.63) is 23.8 Å². The number of carbonyl (C=O) groups excluding carboxylic acids is 3. The van der Waals surface area contributed by atoms with Gasteiger partial charge >= 0.3 is 12.1 Å². The van der Waals surface area contributed by atoms with Crippen LogP contribution >= 0.6 is 0 Å². The van der Waals surface area contributed by atoms with Crippen LogP contribution in [0.5, 0.6) is 0 Å². The van der Waals surface area contributed by atoms with Crippen molar-refractivity contribution in [2.75, 3.05) is 24.8 Å². The van der Waals surface area contributed by atoms with Gasteiger partial charge in [-0.15, -0.1) is 0 Å². The van der Waals surface area contributed by atoms with Crippen LogP contribution in [0.3, 0.4) is 0 Å². The van der Waals surface area contributed by atoms with Gasteiger partial charge < -0.3 is 25.8 Å². The molecule has 9 heteroatoms. The minimum absolute atomic E-state index is 0.272. The zero-order valence-corrected chi connectivity index (χ0v) is 17.9. The van der Waals surface area contributed by atoms with Crippen LogP contribution < -0.4 is 16.4 Å². The summed E-state index contributed by atoms with van der Waals surface area (Å²) < 4.78 is 9.94. The Kier molecular flexibility index (Phi) is 6.71. The van der Waals surface area contributed by atoms with E-state index in [1.54, 1.807) is 0 Å². The van der Waals surface area contributed by atoms with Gasteiger partial charge in [0.1, 0.15) is 5.54 Å². The van der Waals surface area contributed by atoms with Gasteiger partial charge in [-0.1, -0.05) is 19.6 Å². The number of anilines is 2. The lowest BCUT2D eigenvalue weighted by atomic mass is 9.76. The van der Waals surface area contributed by atoms with Crippen LogP contribution in [0, 0.1) is 0 Å². The van der Waals surface area contributed by atoms with E-state index in [0.717, 1.165) is 12.5 Å². The fraction of sp³-hybridized carbons (Fsp3) is 0.526. The molecule has 0 radical (unpaired) electrons. The van der Waals surface area contributed by atoms with E-state index in [9.17, 15) is 14.4 Å². The zero-order chi connectivity index (χ0) is 20.9. The monoisotopic (exact) mass is 407 g/mol. The predicted molar refractivity (Wildman–Crippen MR) is 110 cm³/mol. The smallest absolute Gasteiger partial charge is 0.407 e. The zero-order valence-electron chi connectivity index (χ0n) is 16.9. The van der Waals surface area contributed by atoms with Crippen molar-refractivity contribution in [3.8, 4) is 0 Å². The largest absolute Gasteiger partial charge is 0.465 e. The van der Waals surface area contributed by atoms with Crippen LogP contribution in [0.25, 0.3) is 0 Å². The van der Waals surface area contributed by atoms with E-state index < -0.39 is 25.7 Å². The molecule has 8 nitrogen and oxygen atoms in total. The van der Waals surface area contributed by atoms with Crippen molar-refractivity contribution in [2.24, 2.45) is 0 Å². The van der Waals surface area contributed by atoms with Crippen molar-refractivity contribution >= 4 is 37.4 Å². The Hall–Kier alpha value is -2.55. The lowest BCUT2D eigenvalue weighted by molar-refractivity contribution is -0.125. The van der Waals surface area contributed by atoms with Crippen molar-refractivity contribution in [2.45, 2.75) is 50.5 Å². The number of nitrogen functional groups attached to an aromatic ring is 1. The van der Waals surface area contributed by atoms with E-state index in [0.29, 0.717) is 30.8 Å². The third kappa shape index (κ3) is 5.48. The van der Waals surface area contributed by atoms with Gasteiger partial charge in [-0.2, -0.15) is 0 Å². The number of nitrogens with two attached hydrogens (primary N) is 1. The number of esters is 1. The lowest BCUT2D eigenvalue weighted by Crippen LogP contribution is -2.61. The van der Waals surface area contributed by atoms with E-state index >= 15 is 0 Å². The van der Waals surface area contributed by atoms with Gasteiger partial charge in [-0.25, -0.2) is 9.59 Å². The van der Waals surface area contributed by atoms with Gasteiger partial charge in [0.05, 0.1) is 30.7 Å². The molecule has 1 aromatic carbocycles. The molecule has 4 N–H and O–H groups in total. The second-order valence-electron chi connectivity index (χ2n) is 8.25. The Morgan fingerprint density at radius 1 is 1.21 bits per heavy atom. The molecule has 0 aromatic heterocycles. The summed E-state index contributed by atoms with van der Waals surface area (Å²) in [5, 5.41) is 5.44. The summed E-state index contributed by atoms with van der Waals surface area (Å²) in [5.41, 5.74) is 5.77. The summed E-state index contributed by atoms with van der Waals surface area (Å²) in [7, 11) is -0.0343. The molecule has 0 bridgehead atoms. The number of benzene rings is 1. The average Bonchev–Trinajstić information content (AvgIpc) is 2.58. The second kappa shape index (κ2) is 8.64. The van der Waals surface area contributed by atoms with E-state index in [-0.39, 0.29) is 11.5 Å². The molecular weight excluding hydrogens is 378 g/mol. The molecular formula is C19H29N3O5Si. The van der Waals surface area contributed by atoms with Crippen LogP contribution in [-0.2, 0) is 14.3 Å². The molecule has 1 aliphatic rings. The third-order valence-electron chi connectivity index (χ3n) is 4.79. The number of nitrogens with one attached hydrogen (secondary N) is 2. The Morgan fingerprint density at radius 2 is 1.89 bits per heavy atom. The lowest BCUT2D eigenvalue weighted by Gasteiger charge is -2.40. The third-order valence-corrected chi connectivity index (χ3v) is 6.50. The first-order chi connectivity index (χ1) is 13.1.